The molecule has 0 heterocycles. The molecule has 2 saturated carbocycles. The molecular formula is C14H27NO. The number of aliphatic hydroxyl groups is 1. The quantitative estimate of drug-likeness (QED) is 0.744. The predicted octanol–water partition coefficient (Wildman–Crippen LogP) is 2.66. The summed E-state index contributed by atoms with van der Waals surface area (Å²) >= 11 is 0. The summed E-state index contributed by atoms with van der Waals surface area (Å²) in [6.45, 7) is 3.44. The van der Waals surface area contributed by atoms with E-state index < -0.39 is 0 Å². The van der Waals surface area contributed by atoms with Gasteiger partial charge in [-0.1, -0.05) is 19.3 Å². The van der Waals surface area contributed by atoms with Gasteiger partial charge in [0.2, 0.25) is 0 Å². The molecule has 0 aromatic rings. The Balaban J connectivity index is 1.81. The summed E-state index contributed by atoms with van der Waals surface area (Å²) in [4.78, 5) is 2.48. The van der Waals surface area contributed by atoms with Crippen LogP contribution in [0, 0.1) is 11.8 Å². The second kappa shape index (κ2) is 5.50. The van der Waals surface area contributed by atoms with Gasteiger partial charge in [0, 0.05) is 12.6 Å². The second-order valence-electron chi connectivity index (χ2n) is 5.98. The van der Waals surface area contributed by atoms with Crippen molar-refractivity contribution < 1.29 is 5.11 Å². The summed E-state index contributed by atoms with van der Waals surface area (Å²) in [6, 6.07) is 0.718. The maximum atomic E-state index is 10.1. The molecule has 0 amide bonds. The lowest BCUT2D eigenvalue weighted by Crippen LogP contribution is -2.38. The van der Waals surface area contributed by atoms with Gasteiger partial charge in [0.15, 0.2) is 0 Å². The Bertz CT molecular complexity index is 215. The standard InChI is InChI=1S/C14H27NO/c1-11(12-8-9-12)15(2)10-13-6-4-3-5-7-14(13)16/h11-14,16H,3-10H2,1-2H3. The number of rotatable bonds is 4. The van der Waals surface area contributed by atoms with Crippen LogP contribution in [-0.2, 0) is 0 Å². The van der Waals surface area contributed by atoms with E-state index >= 15 is 0 Å². The van der Waals surface area contributed by atoms with Crippen molar-refractivity contribution >= 4 is 0 Å². The molecule has 0 aromatic heterocycles. The first-order valence-electron chi connectivity index (χ1n) is 7.07. The minimum Gasteiger partial charge on any atom is -0.393 e. The fraction of sp³-hybridized carbons (Fsp3) is 1.00. The Morgan fingerprint density at radius 1 is 1.12 bits per heavy atom. The zero-order valence-corrected chi connectivity index (χ0v) is 10.9. The Morgan fingerprint density at radius 3 is 2.50 bits per heavy atom. The van der Waals surface area contributed by atoms with Crippen LogP contribution in [0.4, 0.5) is 0 Å². The highest BCUT2D eigenvalue weighted by atomic mass is 16.3. The van der Waals surface area contributed by atoms with Gasteiger partial charge in [-0.2, -0.15) is 0 Å². The molecule has 2 nitrogen and oxygen atoms in total. The highest BCUT2D eigenvalue weighted by Crippen LogP contribution is 2.35. The van der Waals surface area contributed by atoms with Crippen LogP contribution in [0.15, 0.2) is 0 Å². The molecule has 16 heavy (non-hydrogen) atoms. The van der Waals surface area contributed by atoms with Crippen molar-refractivity contribution in [2.75, 3.05) is 13.6 Å². The minimum atomic E-state index is -0.0450. The minimum absolute atomic E-state index is 0.0450. The summed E-state index contributed by atoms with van der Waals surface area (Å²) in [5.74, 6) is 1.46. The molecule has 0 bridgehead atoms. The molecule has 0 saturated heterocycles. The van der Waals surface area contributed by atoms with Crippen molar-refractivity contribution in [1.82, 2.24) is 4.90 Å². The highest BCUT2D eigenvalue weighted by molar-refractivity contribution is 4.86. The zero-order chi connectivity index (χ0) is 11.5. The number of hydrogen-bond acceptors (Lipinski definition) is 2. The molecule has 2 rings (SSSR count). The van der Waals surface area contributed by atoms with E-state index in [0.717, 1.165) is 24.9 Å². The van der Waals surface area contributed by atoms with E-state index in [0.29, 0.717) is 5.92 Å². The van der Waals surface area contributed by atoms with Gasteiger partial charge in [-0.25, -0.2) is 0 Å². The molecule has 2 heteroatoms. The maximum absolute atomic E-state index is 10.1. The van der Waals surface area contributed by atoms with Crippen LogP contribution >= 0.6 is 0 Å². The van der Waals surface area contributed by atoms with Crippen molar-refractivity contribution in [2.45, 2.75) is 64.0 Å². The number of aliphatic hydroxyl groups excluding tert-OH is 1. The second-order valence-corrected chi connectivity index (χ2v) is 5.98. The molecule has 1 N–H and O–H groups in total. The van der Waals surface area contributed by atoms with Crippen molar-refractivity contribution in [3.8, 4) is 0 Å². The average Bonchev–Trinajstić information content (AvgIpc) is 3.07. The molecule has 0 aliphatic heterocycles. The van der Waals surface area contributed by atoms with E-state index in [9.17, 15) is 5.11 Å². The largest absolute Gasteiger partial charge is 0.393 e. The summed E-state index contributed by atoms with van der Waals surface area (Å²) in [5, 5.41) is 10.1. The maximum Gasteiger partial charge on any atom is 0.0580 e. The van der Waals surface area contributed by atoms with Crippen LogP contribution in [0.25, 0.3) is 0 Å². The van der Waals surface area contributed by atoms with E-state index in [-0.39, 0.29) is 6.10 Å². The van der Waals surface area contributed by atoms with Gasteiger partial charge in [-0.05, 0) is 51.5 Å². The normalized spacial score (nSPS) is 33.8. The Morgan fingerprint density at radius 2 is 1.81 bits per heavy atom. The fourth-order valence-electron chi connectivity index (χ4n) is 3.05. The highest BCUT2D eigenvalue weighted by Gasteiger charge is 2.32. The predicted molar refractivity (Wildman–Crippen MR) is 67.4 cm³/mol. The number of hydrogen-bond donors (Lipinski definition) is 1. The van der Waals surface area contributed by atoms with Crippen LogP contribution in [0.5, 0.6) is 0 Å². The van der Waals surface area contributed by atoms with Crippen molar-refractivity contribution in [1.29, 1.82) is 0 Å². The lowest BCUT2D eigenvalue weighted by molar-refractivity contribution is 0.0685. The Kier molecular flexibility index (Phi) is 4.26. The van der Waals surface area contributed by atoms with E-state index in [4.69, 9.17) is 0 Å². The molecule has 0 radical (unpaired) electrons. The van der Waals surface area contributed by atoms with Gasteiger partial charge in [-0.3, -0.25) is 0 Å². The van der Waals surface area contributed by atoms with Gasteiger partial charge in [0.05, 0.1) is 6.10 Å². The topological polar surface area (TPSA) is 23.5 Å². The lowest BCUT2D eigenvalue weighted by Gasteiger charge is -2.30. The SMILES string of the molecule is CC(C1CC1)N(C)CC1CCCCCC1O. The lowest BCUT2D eigenvalue weighted by atomic mass is 9.96. The van der Waals surface area contributed by atoms with Crippen LogP contribution in [0.2, 0.25) is 0 Å². The van der Waals surface area contributed by atoms with E-state index in [1.54, 1.807) is 0 Å². The molecule has 2 fully saturated rings. The smallest absolute Gasteiger partial charge is 0.0580 e. The molecule has 94 valence electrons. The molecular weight excluding hydrogens is 198 g/mol. The molecule has 0 spiro atoms. The summed E-state index contributed by atoms with van der Waals surface area (Å²) in [5.41, 5.74) is 0. The molecule has 3 unspecified atom stereocenters. The van der Waals surface area contributed by atoms with Gasteiger partial charge in [-0.15, -0.1) is 0 Å². The van der Waals surface area contributed by atoms with E-state index in [2.05, 4.69) is 18.9 Å². The van der Waals surface area contributed by atoms with E-state index in [1.165, 1.54) is 38.5 Å². The summed E-state index contributed by atoms with van der Waals surface area (Å²) in [7, 11) is 2.24. The summed E-state index contributed by atoms with van der Waals surface area (Å²) < 4.78 is 0. The average molecular weight is 225 g/mol. The van der Waals surface area contributed by atoms with Crippen molar-refractivity contribution in [3.05, 3.63) is 0 Å². The fourth-order valence-corrected chi connectivity index (χ4v) is 3.05. The molecule has 3 atom stereocenters. The Hall–Kier alpha value is -0.0800. The molecule has 2 aliphatic carbocycles. The summed E-state index contributed by atoms with van der Waals surface area (Å²) in [6.07, 6.45) is 8.88. The van der Waals surface area contributed by atoms with Crippen LogP contribution in [-0.4, -0.2) is 35.7 Å². The third kappa shape index (κ3) is 3.21. The van der Waals surface area contributed by atoms with Crippen LogP contribution < -0.4 is 0 Å². The van der Waals surface area contributed by atoms with Crippen LogP contribution in [0.1, 0.15) is 51.9 Å². The third-order valence-corrected chi connectivity index (χ3v) is 4.64. The zero-order valence-electron chi connectivity index (χ0n) is 10.9. The van der Waals surface area contributed by atoms with Crippen LogP contribution in [0.3, 0.4) is 0 Å². The first-order chi connectivity index (χ1) is 7.68. The van der Waals surface area contributed by atoms with Gasteiger partial charge >= 0.3 is 0 Å². The van der Waals surface area contributed by atoms with Crippen molar-refractivity contribution in [3.63, 3.8) is 0 Å². The first-order valence-corrected chi connectivity index (χ1v) is 7.07. The first kappa shape index (κ1) is 12.4. The van der Waals surface area contributed by atoms with Gasteiger partial charge in [0.1, 0.15) is 0 Å². The van der Waals surface area contributed by atoms with Crippen molar-refractivity contribution in [2.24, 2.45) is 11.8 Å². The molecule has 2 aliphatic rings. The monoisotopic (exact) mass is 225 g/mol. The number of nitrogens with zero attached hydrogens (tertiary/aromatic N) is 1. The van der Waals surface area contributed by atoms with Gasteiger partial charge in [0.25, 0.3) is 0 Å². The third-order valence-electron chi connectivity index (χ3n) is 4.64. The Labute approximate surface area is 100 Å². The van der Waals surface area contributed by atoms with E-state index in [1.807, 2.05) is 0 Å². The van der Waals surface area contributed by atoms with Gasteiger partial charge < -0.3 is 10.0 Å². The molecule has 0 aromatic carbocycles.